The van der Waals surface area contributed by atoms with Crippen molar-refractivity contribution >= 4 is 17.1 Å². The van der Waals surface area contributed by atoms with Crippen LogP contribution in [0.5, 0.6) is 0 Å². The third kappa shape index (κ3) is 1.46. The average Bonchev–Trinajstić information content (AvgIpc) is 2.59. The van der Waals surface area contributed by atoms with Crippen LogP contribution in [0.3, 0.4) is 0 Å². The number of allylic oxidation sites excluding steroid dienone is 1. The molecule has 1 aromatic carbocycles. The summed E-state index contributed by atoms with van der Waals surface area (Å²) in [5, 5.41) is 0. The smallest absolute Gasteiger partial charge is 0.111 e. The second-order valence-electron chi connectivity index (χ2n) is 3.16. The maximum absolute atomic E-state index is 4.42. The lowest BCUT2D eigenvalue weighted by molar-refractivity contribution is 1.07. The van der Waals surface area contributed by atoms with Crippen LogP contribution in [0, 0.1) is 0 Å². The molecule has 70 valence electrons. The number of aromatic nitrogens is 2. The van der Waals surface area contributed by atoms with E-state index in [9.17, 15) is 0 Å². The van der Waals surface area contributed by atoms with Crippen molar-refractivity contribution in [1.29, 1.82) is 0 Å². The predicted molar refractivity (Wildman–Crippen MR) is 60.1 cm³/mol. The molecule has 0 spiro atoms. The highest BCUT2D eigenvalue weighted by Gasteiger charge is 2.00. The van der Waals surface area contributed by atoms with Crippen molar-refractivity contribution in [2.45, 2.75) is 6.42 Å². The number of nitrogens with zero attached hydrogens (tertiary/aromatic N) is 1. The van der Waals surface area contributed by atoms with E-state index in [2.05, 4.69) is 23.1 Å². The largest absolute Gasteiger partial charge is 0.342 e. The number of hydrogen-bond donors (Lipinski definition) is 1. The van der Waals surface area contributed by atoms with Gasteiger partial charge < -0.3 is 4.98 Å². The minimum Gasteiger partial charge on any atom is -0.342 e. The van der Waals surface area contributed by atoms with Gasteiger partial charge in [0, 0.05) is 6.42 Å². The van der Waals surface area contributed by atoms with Crippen molar-refractivity contribution in [3.05, 3.63) is 48.8 Å². The van der Waals surface area contributed by atoms with Crippen molar-refractivity contribution in [3.63, 3.8) is 0 Å². The van der Waals surface area contributed by atoms with Crippen LogP contribution in [0.2, 0.25) is 0 Å². The number of nitrogens with one attached hydrogen (secondary N) is 1. The lowest BCUT2D eigenvalue weighted by atomic mass is 10.2. The first-order valence-corrected chi connectivity index (χ1v) is 4.55. The molecule has 0 atom stereocenters. The van der Waals surface area contributed by atoms with E-state index in [1.807, 2.05) is 30.4 Å². The van der Waals surface area contributed by atoms with E-state index in [0.29, 0.717) is 0 Å². The van der Waals surface area contributed by atoms with E-state index < -0.39 is 0 Å². The maximum Gasteiger partial charge on any atom is 0.111 e. The zero-order valence-electron chi connectivity index (χ0n) is 7.96. The second kappa shape index (κ2) is 3.50. The van der Waals surface area contributed by atoms with E-state index in [0.717, 1.165) is 28.8 Å². The topological polar surface area (TPSA) is 28.7 Å². The first kappa shape index (κ1) is 8.75. The highest BCUT2D eigenvalue weighted by atomic mass is 14.9. The summed E-state index contributed by atoms with van der Waals surface area (Å²) in [6.45, 7) is 7.41. The van der Waals surface area contributed by atoms with Gasteiger partial charge in [-0.25, -0.2) is 4.98 Å². The number of fused-ring (bicyclic) bond motifs is 1. The highest BCUT2D eigenvalue weighted by molar-refractivity contribution is 5.78. The summed E-state index contributed by atoms with van der Waals surface area (Å²) in [5.41, 5.74) is 3.15. The fourth-order valence-corrected chi connectivity index (χ4v) is 1.44. The molecule has 1 N–H and O–H groups in total. The van der Waals surface area contributed by atoms with E-state index in [1.165, 1.54) is 0 Å². The number of benzene rings is 1. The Morgan fingerprint density at radius 2 is 2.21 bits per heavy atom. The Morgan fingerprint density at radius 1 is 1.36 bits per heavy atom. The quantitative estimate of drug-likeness (QED) is 0.730. The first-order valence-electron chi connectivity index (χ1n) is 4.55. The lowest BCUT2D eigenvalue weighted by Crippen LogP contribution is -1.81. The minimum atomic E-state index is 0.776. The van der Waals surface area contributed by atoms with Gasteiger partial charge in [-0.15, -0.1) is 6.58 Å². The minimum absolute atomic E-state index is 0.776. The van der Waals surface area contributed by atoms with Crippen LogP contribution in [0.15, 0.2) is 37.4 Å². The molecule has 2 aromatic rings. The normalized spacial score (nSPS) is 10.3. The van der Waals surface area contributed by atoms with E-state index in [-0.39, 0.29) is 0 Å². The first-order chi connectivity index (χ1) is 6.83. The Bertz CT molecular complexity index is 480. The van der Waals surface area contributed by atoms with E-state index >= 15 is 0 Å². The predicted octanol–water partition coefficient (Wildman–Crippen LogP) is 2.93. The van der Waals surface area contributed by atoms with Crippen molar-refractivity contribution in [3.8, 4) is 0 Å². The number of rotatable bonds is 3. The summed E-state index contributed by atoms with van der Waals surface area (Å²) in [6.07, 6.45) is 4.44. The molecule has 1 aromatic heterocycles. The van der Waals surface area contributed by atoms with Gasteiger partial charge in [0.05, 0.1) is 11.0 Å². The molecule has 0 bridgehead atoms. The molecule has 2 heteroatoms. The summed E-state index contributed by atoms with van der Waals surface area (Å²) in [5.74, 6) is 0.955. The van der Waals surface area contributed by atoms with E-state index in [1.54, 1.807) is 0 Å². The Balaban J connectivity index is 2.53. The summed E-state index contributed by atoms with van der Waals surface area (Å²) in [4.78, 5) is 7.66. The third-order valence-corrected chi connectivity index (χ3v) is 2.13. The van der Waals surface area contributed by atoms with Crippen LogP contribution < -0.4 is 0 Å². The molecular weight excluding hydrogens is 172 g/mol. The molecule has 0 unspecified atom stereocenters. The van der Waals surface area contributed by atoms with Gasteiger partial charge in [0.2, 0.25) is 0 Å². The molecule has 0 radical (unpaired) electrons. The molecule has 14 heavy (non-hydrogen) atoms. The van der Waals surface area contributed by atoms with Gasteiger partial charge in [-0.2, -0.15) is 0 Å². The van der Waals surface area contributed by atoms with Gasteiger partial charge in [0.1, 0.15) is 5.82 Å². The van der Waals surface area contributed by atoms with E-state index in [4.69, 9.17) is 0 Å². The molecule has 1 heterocycles. The number of H-pyrrole nitrogens is 1. The van der Waals surface area contributed by atoms with Gasteiger partial charge in [-0.3, -0.25) is 0 Å². The number of imidazole rings is 1. The second-order valence-corrected chi connectivity index (χ2v) is 3.16. The van der Waals surface area contributed by atoms with Crippen LogP contribution in [0.1, 0.15) is 11.4 Å². The van der Waals surface area contributed by atoms with Crippen LogP contribution in [-0.4, -0.2) is 9.97 Å². The molecule has 0 aliphatic rings. The van der Waals surface area contributed by atoms with Crippen molar-refractivity contribution < 1.29 is 0 Å². The average molecular weight is 184 g/mol. The number of aromatic amines is 1. The zero-order valence-corrected chi connectivity index (χ0v) is 7.96. The lowest BCUT2D eigenvalue weighted by Gasteiger charge is -1.90. The molecule has 2 nitrogen and oxygen atoms in total. The van der Waals surface area contributed by atoms with Gasteiger partial charge in [0.25, 0.3) is 0 Å². The number of hydrogen-bond acceptors (Lipinski definition) is 1. The van der Waals surface area contributed by atoms with Crippen molar-refractivity contribution in [1.82, 2.24) is 9.97 Å². The van der Waals surface area contributed by atoms with Gasteiger partial charge in [-0.05, 0) is 17.7 Å². The highest BCUT2D eigenvalue weighted by Crippen LogP contribution is 2.14. The summed E-state index contributed by atoms with van der Waals surface area (Å²) >= 11 is 0. The molecule has 0 saturated heterocycles. The van der Waals surface area contributed by atoms with Gasteiger partial charge in [-0.1, -0.05) is 24.8 Å². The SMILES string of the molecule is C=CCc1nc2ccc(C=C)cc2[nH]1. The molecule has 0 fully saturated rings. The van der Waals surface area contributed by atoms with Gasteiger partial charge >= 0.3 is 0 Å². The Hall–Kier alpha value is -1.83. The monoisotopic (exact) mass is 184 g/mol. The summed E-state index contributed by atoms with van der Waals surface area (Å²) in [6, 6.07) is 6.05. The Kier molecular flexibility index (Phi) is 2.19. The molecule has 0 aliphatic carbocycles. The van der Waals surface area contributed by atoms with Crippen LogP contribution in [0.4, 0.5) is 0 Å². The molecule has 2 rings (SSSR count). The maximum atomic E-state index is 4.42. The fraction of sp³-hybridized carbons (Fsp3) is 0.0833. The Morgan fingerprint density at radius 3 is 2.93 bits per heavy atom. The molecule has 0 aliphatic heterocycles. The third-order valence-electron chi connectivity index (χ3n) is 2.13. The molecule has 0 saturated carbocycles. The van der Waals surface area contributed by atoms with Crippen molar-refractivity contribution in [2.75, 3.05) is 0 Å². The Labute approximate surface area is 83.0 Å². The van der Waals surface area contributed by atoms with Crippen LogP contribution >= 0.6 is 0 Å². The molecule has 0 amide bonds. The summed E-state index contributed by atoms with van der Waals surface area (Å²) in [7, 11) is 0. The fourth-order valence-electron chi connectivity index (χ4n) is 1.44. The molecular formula is C12H12N2. The standard InChI is InChI=1S/C12H12N2/c1-3-5-12-13-10-7-6-9(4-2)8-11(10)14-12/h3-4,6-8H,1-2,5H2,(H,13,14). The van der Waals surface area contributed by atoms with Crippen LogP contribution in [-0.2, 0) is 6.42 Å². The van der Waals surface area contributed by atoms with Crippen LogP contribution in [0.25, 0.3) is 17.1 Å². The zero-order chi connectivity index (χ0) is 9.97. The van der Waals surface area contributed by atoms with Gasteiger partial charge in [0.15, 0.2) is 0 Å². The summed E-state index contributed by atoms with van der Waals surface area (Å²) < 4.78 is 0. The van der Waals surface area contributed by atoms with Crippen molar-refractivity contribution in [2.24, 2.45) is 0 Å².